The molecule has 1 unspecified atom stereocenters. The van der Waals surface area contributed by atoms with Crippen LogP contribution >= 0.6 is 0 Å². The van der Waals surface area contributed by atoms with Gasteiger partial charge >= 0.3 is 0 Å². The smallest absolute Gasteiger partial charge is 0.00559 e. The molecule has 0 aliphatic rings. The van der Waals surface area contributed by atoms with Crippen LogP contribution < -0.4 is 5.73 Å². The van der Waals surface area contributed by atoms with E-state index in [-0.39, 0.29) is 0 Å². The first-order valence-electron chi connectivity index (χ1n) is 4.71. The number of nitrogens with zero attached hydrogens (tertiary/aromatic N) is 1. The third-order valence-corrected chi connectivity index (χ3v) is 1.82. The van der Waals surface area contributed by atoms with Crippen LogP contribution in [0.25, 0.3) is 0 Å². The van der Waals surface area contributed by atoms with Crippen LogP contribution in [-0.4, -0.2) is 31.6 Å². The molecule has 0 radical (unpaired) electrons. The van der Waals surface area contributed by atoms with Crippen molar-refractivity contribution in [2.24, 2.45) is 11.1 Å². The second-order valence-corrected chi connectivity index (χ2v) is 5.12. The molecule has 0 aromatic heterocycles. The van der Waals surface area contributed by atoms with Crippen molar-refractivity contribution in [1.29, 1.82) is 0 Å². The van der Waals surface area contributed by atoms with E-state index in [9.17, 15) is 0 Å². The van der Waals surface area contributed by atoms with E-state index in [1.54, 1.807) is 0 Å². The highest BCUT2D eigenvalue weighted by molar-refractivity contribution is 4.71. The van der Waals surface area contributed by atoms with Crippen molar-refractivity contribution in [2.45, 2.75) is 39.7 Å². The van der Waals surface area contributed by atoms with Crippen LogP contribution in [0, 0.1) is 5.41 Å². The largest absolute Gasteiger partial charge is 0.328 e. The van der Waals surface area contributed by atoms with Gasteiger partial charge in [0.25, 0.3) is 0 Å². The first kappa shape index (κ1) is 11.9. The lowest BCUT2D eigenvalue weighted by atomic mass is 9.87. The van der Waals surface area contributed by atoms with E-state index >= 15 is 0 Å². The highest BCUT2D eigenvalue weighted by Gasteiger charge is 2.15. The minimum atomic E-state index is 0.354. The molecule has 74 valence electrons. The van der Waals surface area contributed by atoms with Gasteiger partial charge in [-0.25, -0.2) is 0 Å². The van der Waals surface area contributed by atoms with Crippen LogP contribution in [0.3, 0.4) is 0 Å². The Morgan fingerprint density at radius 1 is 1.25 bits per heavy atom. The number of hydrogen-bond acceptors (Lipinski definition) is 2. The standard InChI is InChI=1S/C10H24N2/c1-10(2,3)8-9(11)6-7-12(4)5/h9H,6-8,11H2,1-5H3. The van der Waals surface area contributed by atoms with Gasteiger partial charge in [0.15, 0.2) is 0 Å². The molecule has 0 fully saturated rings. The Bertz CT molecular complexity index is 113. The third kappa shape index (κ3) is 8.02. The Morgan fingerprint density at radius 2 is 1.75 bits per heavy atom. The van der Waals surface area contributed by atoms with Gasteiger partial charge in [-0.3, -0.25) is 0 Å². The highest BCUT2D eigenvalue weighted by atomic mass is 15.0. The van der Waals surface area contributed by atoms with Crippen molar-refractivity contribution in [2.75, 3.05) is 20.6 Å². The molecular weight excluding hydrogens is 148 g/mol. The maximum absolute atomic E-state index is 5.98. The number of rotatable bonds is 4. The molecule has 0 saturated heterocycles. The zero-order valence-corrected chi connectivity index (χ0v) is 9.22. The summed E-state index contributed by atoms with van der Waals surface area (Å²) in [4.78, 5) is 2.18. The van der Waals surface area contributed by atoms with Gasteiger partial charge in [-0.05, 0) is 38.9 Å². The molecule has 0 rings (SSSR count). The van der Waals surface area contributed by atoms with Gasteiger partial charge in [-0.2, -0.15) is 0 Å². The minimum absolute atomic E-state index is 0.354. The fraction of sp³-hybridized carbons (Fsp3) is 1.00. The van der Waals surface area contributed by atoms with Gasteiger partial charge < -0.3 is 10.6 Å². The Kier molecular flexibility index (Phi) is 4.80. The predicted octanol–water partition coefficient (Wildman–Crippen LogP) is 1.70. The van der Waals surface area contributed by atoms with Gasteiger partial charge in [0.2, 0.25) is 0 Å². The van der Waals surface area contributed by atoms with Crippen LogP contribution in [0.4, 0.5) is 0 Å². The van der Waals surface area contributed by atoms with Gasteiger partial charge in [0.05, 0.1) is 0 Å². The van der Waals surface area contributed by atoms with Crippen molar-refractivity contribution < 1.29 is 0 Å². The number of hydrogen-bond donors (Lipinski definition) is 1. The Morgan fingerprint density at radius 3 is 2.08 bits per heavy atom. The first-order valence-corrected chi connectivity index (χ1v) is 4.71. The summed E-state index contributed by atoms with van der Waals surface area (Å²) in [6, 6.07) is 0.354. The van der Waals surface area contributed by atoms with Crippen molar-refractivity contribution in [3.8, 4) is 0 Å². The Labute approximate surface area is 77.1 Å². The fourth-order valence-electron chi connectivity index (χ4n) is 1.31. The summed E-state index contributed by atoms with van der Waals surface area (Å²) in [6.07, 6.45) is 2.21. The summed E-state index contributed by atoms with van der Waals surface area (Å²) in [6.45, 7) is 7.81. The van der Waals surface area contributed by atoms with E-state index in [4.69, 9.17) is 5.73 Å². The normalized spacial score (nSPS) is 15.2. The van der Waals surface area contributed by atoms with E-state index in [0.29, 0.717) is 11.5 Å². The summed E-state index contributed by atoms with van der Waals surface area (Å²) in [7, 11) is 4.17. The predicted molar refractivity (Wildman–Crippen MR) is 55.2 cm³/mol. The summed E-state index contributed by atoms with van der Waals surface area (Å²) >= 11 is 0. The summed E-state index contributed by atoms with van der Waals surface area (Å²) in [5.41, 5.74) is 6.35. The summed E-state index contributed by atoms with van der Waals surface area (Å²) in [5, 5.41) is 0. The molecular formula is C10H24N2. The molecule has 0 spiro atoms. The molecule has 0 heterocycles. The van der Waals surface area contributed by atoms with E-state index in [0.717, 1.165) is 19.4 Å². The maximum atomic E-state index is 5.98. The average molecular weight is 172 g/mol. The molecule has 2 nitrogen and oxygen atoms in total. The molecule has 12 heavy (non-hydrogen) atoms. The lowest BCUT2D eigenvalue weighted by Gasteiger charge is -2.24. The molecule has 0 amide bonds. The van der Waals surface area contributed by atoms with Crippen LogP contribution in [0.15, 0.2) is 0 Å². The molecule has 1 atom stereocenters. The molecule has 2 N–H and O–H groups in total. The summed E-state index contributed by atoms with van der Waals surface area (Å²) < 4.78 is 0. The maximum Gasteiger partial charge on any atom is 0.00559 e. The molecule has 0 bridgehead atoms. The highest BCUT2D eigenvalue weighted by Crippen LogP contribution is 2.20. The Balaban J connectivity index is 3.53. The van der Waals surface area contributed by atoms with Crippen LogP contribution in [-0.2, 0) is 0 Å². The van der Waals surface area contributed by atoms with Crippen molar-refractivity contribution >= 4 is 0 Å². The molecule has 0 saturated carbocycles. The second kappa shape index (κ2) is 4.83. The SMILES string of the molecule is CN(C)CCC(N)CC(C)(C)C. The van der Waals surface area contributed by atoms with Gasteiger partial charge in [-0.1, -0.05) is 20.8 Å². The van der Waals surface area contributed by atoms with Crippen molar-refractivity contribution in [1.82, 2.24) is 4.90 Å². The van der Waals surface area contributed by atoms with Crippen LogP contribution in [0.2, 0.25) is 0 Å². The van der Waals surface area contributed by atoms with E-state index < -0.39 is 0 Å². The topological polar surface area (TPSA) is 29.3 Å². The lowest BCUT2D eigenvalue weighted by molar-refractivity contribution is 0.305. The van der Waals surface area contributed by atoms with Gasteiger partial charge in [0, 0.05) is 6.04 Å². The van der Waals surface area contributed by atoms with Crippen molar-refractivity contribution in [3.63, 3.8) is 0 Å². The molecule has 0 aliphatic carbocycles. The monoisotopic (exact) mass is 172 g/mol. The van der Waals surface area contributed by atoms with Crippen LogP contribution in [0.5, 0.6) is 0 Å². The Hall–Kier alpha value is -0.0800. The fourth-order valence-corrected chi connectivity index (χ4v) is 1.31. The zero-order chi connectivity index (χ0) is 9.78. The molecule has 0 aliphatic heterocycles. The minimum Gasteiger partial charge on any atom is -0.328 e. The van der Waals surface area contributed by atoms with E-state index in [1.807, 2.05) is 0 Å². The summed E-state index contributed by atoms with van der Waals surface area (Å²) in [5.74, 6) is 0. The molecule has 0 aromatic carbocycles. The van der Waals surface area contributed by atoms with E-state index in [2.05, 4.69) is 39.8 Å². The lowest BCUT2D eigenvalue weighted by Crippen LogP contribution is -2.30. The number of nitrogens with two attached hydrogens (primary N) is 1. The first-order chi connectivity index (χ1) is 5.31. The average Bonchev–Trinajstić information content (AvgIpc) is 1.79. The van der Waals surface area contributed by atoms with Gasteiger partial charge in [-0.15, -0.1) is 0 Å². The van der Waals surface area contributed by atoms with Gasteiger partial charge in [0.1, 0.15) is 0 Å². The zero-order valence-electron chi connectivity index (χ0n) is 9.22. The molecule has 0 aromatic rings. The molecule has 2 heteroatoms. The quantitative estimate of drug-likeness (QED) is 0.699. The van der Waals surface area contributed by atoms with Crippen LogP contribution in [0.1, 0.15) is 33.6 Å². The van der Waals surface area contributed by atoms with Crippen molar-refractivity contribution in [3.05, 3.63) is 0 Å². The van der Waals surface area contributed by atoms with E-state index in [1.165, 1.54) is 0 Å². The second-order valence-electron chi connectivity index (χ2n) is 5.12. The third-order valence-electron chi connectivity index (χ3n) is 1.82.